The second-order valence-corrected chi connectivity index (χ2v) is 6.55. The summed E-state index contributed by atoms with van der Waals surface area (Å²) in [6, 6.07) is 8.57. The minimum Gasteiger partial charge on any atom is -0.497 e. The summed E-state index contributed by atoms with van der Waals surface area (Å²) in [5.41, 5.74) is 0.728. The molecule has 0 unspecified atom stereocenters. The van der Waals surface area contributed by atoms with Gasteiger partial charge in [0.1, 0.15) is 28.7 Å². The number of anilines is 1. The minimum absolute atomic E-state index is 0.222. The molecule has 3 rings (SSSR count). The number of halogens is 2. The van der Waals surface area contributed by atoms with Crippen molar-refractivity contribution >= 4 is 22.4 Å². The van der Waals surface area contributed by atoms with E-state index in [-0.39, 0.29) is 5.13 Å². The van der Waals surface area contributed by atoms with E-state index in [0.717, 1.165) is 22.6 Å². The Bertz CT molecular complexity index is 984. The van der Waals surface area contributed by atoms with Crippen LogP contribution in [0, 0.1) is 18.6 Å². The number of hydrogen-bond acceptors (Lipinski definition) is 5. The number of aromatic nitrogens is 1. The SMILES string of the molecule is COc1ccc(OC)c(-c2sc(NC(=O)c3c(F)cccc3F)nc2C)c1. The molecule has 1 heterocycles. The first kappa shape index (κ1) is 18.8. The van der Waals surface area contributed by atoms with Gasteiger partial charge in [-0.05, 0) is 37.3 Å². The average Bonchev–Trinajstić information content (AvgIpc) is 3.00. The van der Waals surface area contributed by atoms with Crippen LogP contribution in [0.15, 0.2) is 36.4 Å². The number of carbonyl (C=O) groups excluding carboxylic acids is 1. The summed E-state index contributed by atoms with van der Waals surface area (Å²) in [5, 5.41) is 2.68. The first-order valence-electron chi connectivity index (χ1n) is 7.89. The standard InChI is InChI=1S/C19H16F2N2O3S/c1-10-17(12-9-11(25-2)7-8-15(12)26-3)27-19(22-10)23-18(24)16-13(20)5-4-6-14(16)21/h4-9H,1-3H3,(H,22,23,24). The summed E-state index contributed by atoms with van der Waals surface area (Å²) >= 11 is 1.17. The molecule has 0 spiro atoms. The van der Waals surface area contributed by atoms with Gasteiger partial charge in [0, 0.05) is 5.56 Å². The van der Waals surface area contributed by atoms with Crippen LogP contribution in [0.25, 0.3) is 10.4 Å². The van der Waals surface area contributed by atoms with Gasteiger partial charge in [-0.2, -0.15) is 0 Å². The maximum Gasteiger partial charge on any atom is 0.263 e. The Morgan fingerprint density at radius 3 is 2.44 bits per heavy atom. The molecule has 8 heteroatoms. The van der Waals surface area contributed by atoms with Crippen LogP contribution in [0.1, 0.15) is 16.1 Å². The molecule has 0 fully saturated rings. The molecular weight excluding hydrogens is 374 g/mol. The highest BCUT2D eigenvalue weighted by Gasteiger charge is 2.20. The van der Waals surface area contributed by atoms with Crippen molar-refractivity contribution in [1.82, 2.24) is 4.98 Å². The van der Waals surface area contributed by atoms with Gasteiger partial charge in [0.05, 0.1) is 24.8 Å². The van der Waals surface area contributed by atoms with Gasteiger partial charge in [-0.15, -0.1) is 0 Å². The molecule has 1 amide bonds. The summed E-state index contributed by atoms with van der Waals surface area (Å²) in [5.74, 6) is -1.52. The fourth-order valence-electron chi connectivity index (χ4n) is 2.57. The number of rotatable bonds is 5. The molecule has 140 valence electrons. The van der Waals surface area contributed by atoms with E-state index < -0.39 is 23.1 Å². The van der Waals surface area contributed by atoms with Crippen LogP contribution >= 0.6 is 11.3 Å². The zero-order valence-electron chi connectivity index (χ0n) is 14.8. The number of amides is 1. The van der Waals surface area contributed by atoms with Gasteiger partial charge in [-0.25, -0.2) is 13.8 Å². The Balaban J connectivity index is 1.95. The van der Waals surface area contributed by atoms with Crippen LogP contribution < -0.4 is 14.8 Å². The molecule has 0 saturated heterocycles. The van der Waals surface area contributed by atoms with Crippen LogP contribution in [0.4, 0.5) is 13.9 Å². The Morgan fingerprint density at radius 1 is 1.11 bits per heavy atom. The molecule has 1 aromatic heterocycles. The number of hydrogen-bond donors (Lipinski definition) is 1. The molecule has 2 aromatic carbocycles. The van der Waals surface area contributed by atoms with Crippen LogP contribution in [0.5, 0.6) is 11.5 Å². The number of methoxy groups -OCH3 is 2. The predicted molar refractivity (Wildman–Crippen MR) is 99.7 cm³/mol. The molecule has 3 aromatic rings. The van der Waals surface area contributed by atoms with E-state index >= 15 is 0 Å². The second-order valence-electron chi connectivity index (χ2n) is 5.55. The van der Waals surface area contributed by atoms with Crippen LogP contribution in [-0.4, -0.2) is 25.1 Å². The lowest BCUT2D eigenvalue weighted by molar-refractivity contribution is 0.101. The van der Waals surface area contributed by atoms with E-state index in [9.17, 15) is 13.6 Å². The predicted octanol–water partition coefficient (Wildman–Crippen LogP) is 4.67. The number of nitrogens with one attached hydrogen (secondary N) is 1. The zero-order valence-corrected chi connectivity index (χ0v) is 15.6. The quantitative estimate of drug-likeness (QED) is 0.688. The third kappa shape index (κ3) is 3.75. The Kier molecular flexibility index (Phi) is 5.36. The van der Waals surface area contributed by atoms with Crippen molar-refractivity contribution < 1.29 is 23.0 Å². The number of benzene rings is 2. The summed E-state index contributed by atoms with van der Waals surface area (Å²) in [6.45, 7) is 1.77. The van der Waals surface area contributed by atoms with E-state index in [2.05, 4.69) is 10.3 Å². The van der Waals surface area contributed by atoms with Crippen molar-refractivity contribution in [1.29, 1.82) is 0 Å². The van der Waals surface area contributed by atoms with Crippen LogP contribution in [-0.2, 0) is 0 Å². The fourth-order valence-corrected chi connectivity index (χ4v) is 3.55. The average molecular weight is 390 g/mol. The molecule has 0 saturated carbocycles. The van der Waals surface area contributed by atoms with E-state index in [1.165, 1.54) is 17.4 Å². The van der Waals surface area contributed by atoms with E-state index in [4.69, 9.17) is 9.47 Å². The molecule has 0 bridgehead atoms. The van der Waals surface area contributed by atoms with Gasteiger partial charge in [0.15, 0.2) is 5.13 Å². The van der Waals surface area contributed by atoms with E-state index in [1.54, 1.807) is 39.3 Å². The smallest absolute Gasteiger partial charge is 0.263 e. The molecule has 0 aliphatic rings. The largest absolute Gasteiger partial charge is 0.497 e. The lowest BCUT2D eigenvalue weighted by Crippen LogP contribution is -2.15. The molecule has 5 nitrogen and oxygen atoms in total. The second kappa shape index (κ2) is 7.71. The molecular formula is C19H16F2N2O3S. The first-order chi connectivity index (χ1) is 12.9. The maximum absolute atomic E-state index is 13.8. The van der Waals surface area contributed by atoms with Crippen molar-refractivity contribution in [2.45, 2.75) is 6.92 Å². The molecule has 0 atom stereocenters. The van der Waals surface area contributed by atoms with Crippen molar-refractivity contribution in [3.05, 3.63) is 59.3 Å². The summed E-state index contributed by atoms with van der Waals surface area (Å²) in [4.78, 5) is 17.3. The first-order valence-corrected chi connectivity index (χ1v) is 8.71. The number of nitrogens with zero attached hydrogens (tertiary/aromatic N) is 1. The van der Waals surface area contributed by atoms with Gasteiger partial charge in [-0.3, -0.25) is 10.1 Å². The summed E-state index contributed by atoms with van der Waals surface area (Å²) in [7, 11) is 3.10. The number of ether oxygens (including phenoxy) is 2. The van der Waals surface area contributed by atoms with Gasteiger partial charge in [0.2, 0.25) is 0 Å². The van der Waals surface area contributed by atoms with Crippen LogP contribution in [0.2, 0.25) is 0 Å². The van der Waals surface area contributed by atoms with Gasteiger partial charge < -0.3 is 9.47 Å². The molecule has 27 heavy (non-hydrogen) atoms. The summed E-state index contributed by atoms with van der Waals surface area (Å²) < 4.78 is 38.2. The molecule has 0 aliphatic carbocycles. The highest BCUT2D eigenvalue weighted by atomic mass is 32.1. The number of thiazole rings is 1. The van der Waals surface area contributed by atoms with E-state index in [0.29, 0.717) is 17.2 Å². The van der Waals surface area contributed by atoms with Crippen molar-refractivity contribution in [3.8, 4) is 21.9 Å². The fraction of sp³-hybridized carbons (Fsp3) is 0.158. The monoisotopic (exact) mass is 390 g/mol. The lowest BCUT2D eigenvalue weighted by Gasteiger charge is -2.09. The van der Waals surface area contributed by atoms with Crippen LogP contribution in [0.3, 0.4) is 0 Å². The van der Waals surface area contributed by atoms with Crippen molar-refractivity contribution in [3.63, 3.8) is 0 Å². The Hall–Kier alpha value is -3.00. The van der Waals surface area contributed by atoms with Gasteiger partial charge in [0.25, 0.3) is 5.91 Å². The minimum atomic E-state index is -0.935. The van der Waals surface area contributed by atoms with Crippen molar-refractivity contribution in [2.75, 3.05) is 19.5 Å². The normalized spacial score (nSPS) is 10.6. The topological polar surface area (TPSA) is 60.5 Å². The number of carbonyl (C=O) groups is 1. The Morgan fingerprint density at radius 2 is 1.81 bits per heavy atom. The highest BCUT2D eigenvalue weighted by molar-refractivity contribution is 7.19. The van der Waals surface area contributed by atoms with Crippen molar-refractivity contribution in [2.24, 2.45) is 0 Å². The maximum atomic E-state index is 13.8. The third-order valence-electron chi connectivity index (χ3n) is 3.86. The van der Waals surface area contributed by atoms with Gasteiger partial charge in [-0.1, -0.05) is 17.4 Å². The molecule has 1 N–H and O–H groups in total. The van der Waals surface area contributed by atoms with E-state index in [1.807, 2.05) is 0 Å². The highest BCUT2D eigenvalue weighted by Crippen LogP contribution is 2.40. The Labute approximate surface area is 158 Å². The zero-order chi connectivity index (χ0) is 19.6. The van der Waals surface area contributed by atoms with Gasteiger partial charge >= 0.3 is 0 Å². The summed E-state index contributed by atoms with van der Waals surface area (Å²) in [6.07, 6.45) is 0. The lowest BCUT2D eigenvalue weighted by atomic mass is 10.1. The molecule has 0 radical (unpaired) electrons. The molecule has 0 aliphatic heterocycles. The number of aryl methyl sites for hydroxylation is 1. The third-order valence-corrected chi connectivity index (χ3v) is 4.96.